The highest BCUT2D eigenvalue weighted by atomic mass is 32.2. The number of nitrogens with one attached hydrogen (secondary N) is 3. The second-order valence-electron chi connectivity index (χ2n) is 4.96. The zero-order chi connectivity index (χ0) is 19.6. The molecule has 0 heterocycles. The third kappa shape index (κ3) is 15.9. The lowest BCUT2D eigenvalue weighted by atomic mass is 9.97. The molecule has 0 aliphatic rings. The first-order chi connectivity index (χ1) is 12.5. The Morgan fingerprint density at radius 1 is 1.04 bits per heavy atom. The van der Waals surface area contributed by atoms with Crippen molar-refractivity contribution in [3.8, 4) is 0 Å². The summed E-state index contributed by atoms with van der Waals surface area (Å²) < 4.78 is 10.2. The van der Waals surface area contributed by atoms with E-state index in [9.17, 15) is 19.2 Å². The van der Waals surface area contributed by atoms with Crippen LogP contribution >= 0.6 is 11.8 Å². The zero-order valence-electron chi connectivity index (χ0n) is 14.5. The maximum atomic E-state index is 11.5. The van der Waals surface area contributed by atoms with Gasteiger partial charge in [-0.15, -0.1) is 11.8 Å². The number of carbonyl (C=O) groups is 4. The fraction of sp³-hybridized carbons (Fsp3) is 0.714. The SMILES string of the molecule is [B]C(=O)C(N)CSCC(=O)NCCNC(=O)COCCOCCNC=O. The van der Waals surface area contributed by atoms with Gasteiger partial charge in [0.15, 0.2) is 7.85 Å². The van der Waals surface area contributed by atoms with Crippen molar-refractivity contribution >= 4 is 43.5 Å². The summed E-state index contributed by atoms with van der Waals surface area (Å²) in [7, 11) is 5.01. The van der Waals surface area contributed by atoms with Crippen LogP contribution in [-0.2, 0) is 28.7 Å². The lowest BCUT2D eigenvalue weighted by Crippen LogP contribution is -2.37. The molecule has 2 radical (unpaired) electrons. The molecule has 0 bridgehead atoms. The minimum atomic E-state index is -0.773. The van der Waals surface area contributed by atoms with Crippen molar-refractivity contribution in [1.82, 2.24) is 16.0 Å². The van der Waals surface area contributed by atoms with E-state index >= 15 is 0 Å². The number of hydrogen-bond donors (Lipinski definition) is 4. The van der Waals surface area contributed by atoms with Crippen LogP contribution in [0.15, 0.2) is 0 Å². The molecule has 12 heteroatoms. The van der Waals surface area contributed by atoms with Crippen molar-refractivity contribution in [2.75, 3.05) is 57.6 Å². The monoisotopic (exact) mass is 388 g/mol. The van der Waals surface area contributed by atoms with Crippen LogP contribution in [-0.4, -0.2) is 95.4 Å². The predicted octanol–water partition coefficient (Wildman–Crippen LogP) is -3.25. The number of ether oxygens (including phenoxy) is 2. The Morgan fingerprint density at radius 3 is 2.35 bits per heavy atom. The first-order valence-electron chi connectivity index (χ1n) is 7.96. The summed E-state index contributed by atoms with van der Waals surface area (Å²) in [4.78, 5) is 43.7. The summed E-state index contributed by atoms with van der Waals surface area (Å²) in [5.74, 6) is -0.101. The Bertz CT molecular complexity index is 444. The molecule has 26 heavy (non-hydrogen) atoms. The molecule has 3 amide bonds. The fourth-order valence-corrected chi connectivity index (χ4v) is 2.26. The second kappa shape index (κ2) is 16.8. The molecule has 0 saturated carbocycles. The molecule has 0 saturated heterocycles. The standard InChI is InChI=1S/C14H25BN4O6S/c15-14(23)11(16)8-26-9-13(22)19-2-1-18-12(21)7-25-6-5-24-4-3-17-10-20/h10-11H,1-9,16H2,(H,17,20)(H,18,21)(H,19,22). The van der Waals surface area contributed by atoms with Crippen LogP contribution in [0.3, 0.4) is 0 Å². The van der Waals surface area contributed by atoms with Gasteiger partial charge >= 0.3 is 0 Å². The summed E-state index contributed by atoms with van der Waals surface area (Å²) in [6.07, 6.45) is 0.588. The minimum Gasteiger partial charge on any atom is -0.377 e. The first-order valence-corrected chi connectivity index (χ1v) is 9.11. The van der Waals surface area contributed by atoms with Crippen molar-refractivity contribution in [2.24, 2.45) is 5.73 Å². The molecular formula is C14H25BN4O6S. The van der Waals surface area contributed by atoms with Gasteiger partial charge in [0.05, 0.1) is 37.3 Å². The molecule has 0 aromatic carbocycles. The van der Waals surface area contributed by atoms with Crippen LogP contribution in [0.25, 0.3) is 0 Å². The van der Waals surface area contributed by atoms with Crippen molar-refractivity contribution < 1.29 is 28.7 Å². The summed E-state index contributed by atoms with van der Waals surface area (Å²) in [5.41, 5.74) is 4.83. The molecule has 0 aromatic heterocycles. The average Bonchev–Trinajstić information content (AvgIpc) is 2.60. The van der Waals surface area contributed by atoms with Gasteiger partial charge in [0.2, 0.25) is 18.2 Å². The zero-order valence-corrected chi connectivity index (χ0v) is 15.3. The smallest absolute Gasteiger partial charge is 0.246 e. The van der Waals surface area contributed by atoms with Gasteiger partial charge in [0, 0.05) is 25.4 Å². The van der Waals surface area contributed by atoms with E-state index in [1.165, 1.54) is 11.8 Å². The number of amides is 3. The van der Waals surface area contributed by atoms with Gasteiger partial charge in [0.1, 0.15) is 6.61 Å². The lowest BCUT2D eigenvalue weighted by molar-refractivity contribution is -0.126. The van der Waals surface area contributed by atoms with Crippen LogP contribution < -0.4 is 21.7 Å². The van der Waals surface area contributed by atoms with E-state index in [0.29, 0.717) is 26.2 Å². The summed E-state index contributed by atoms with van der Waals surface area (Å²) in [6, 6.07) is -0.773. The minimum absolute atomic E-state index is 0.106. The second-order valence-corrected chi connectivity index (χ2v) is 5.99. The van der Waals surface area contributed by atoms with Gasteiger partial charge in [-0.3, -0.25) is 14.4 Å². The van der Waals surface area contributed by atoms with Crippen LogP contribution in [0.5, 0.6) is 0 Å². The van der Waals surface area contributed by atoms with Gasteiger partial charge in [-0.25, -0.2) is 0 Å². The van der Waals surface area contributed by atoms with Crippen LogP contribution in [0, 0.1) is 0 Å². The molecule has 0 rings (SSSR count). The number of hydrogen-bond acceptors (Lipinski definition) is 8. The van der Waals surface area contributed by atoms with Crippen LogP contribution in [0.2, 0.25) is 0 Å². The Kier molecular flexibility index (Phi) is 15.8. The third-order valence-electron chi connectivity index (χ3n) is 2.74. The van der Waals surface area contributed by atoms with Crippen LogP contribution in [0.1, 0.15) is 0 Å². The maximum absolute atomic E-state index is 11.5. The summed E-state index contributed by atoms with van der Waals surface area (Å²) in [6.45, 7) is 1.82. The highest BCUT2D eigenvalue weighted by molar-refractivity contribution is 8.00. The van der Waals surface area contributed by atoms with Crippen molar-refractivity contribution in [1.29, 1.82) is 0 Å². The maximum Gasteiger partial charge on any atom is 0.246 e. The molecular weight excluding hydrogens is 363 g/mol. The summed E-state index contributed by atoms with van der Waals surface area (Å²) >= 11 is 1.21. The molecule has 10 nitrogen and oxygen atoms in total. The highest BCUT2D eigenvalue weighted by Crippen LogP contribution is 2.00. The molecule has 1 unspecified atom stereocenters. The van der Waals surface area contributed by atoms with Gasteiger partial charge < -0.3 is 36.0 Å². The van der Waals surface area contributed by atoms with E-state index in [-0.39, 0.29) is 49.6 Å². The Labute approximate surface area is 158 Å². The van der Waals surface area contributed by atoms with E-state index in [1.807, 2.05) is 0 Å². The number of thioether (sulfide) groups is 1. The Balaban J connectivity index is 3.43. The third-order valence-corrected chi connectivity index (χ3v) is 3.81. The highest BCUT2D eigenvalue weighted by Gasteiger charge is 2.09. The number of rotatable bonds is 17. The average molecular weight is 388 g/mol. The van der Waals surface area contributed by atoms with Crippen LogP contribution in [0.4, 0.5) is 0 Å². The van der Waals surface area contributed by atoms with E-state index in [1.54, 1.807) is 0 Å². The first kappa shape index (κ1) is 24.4. The number of carbonyl (C=O) groups excluding carboxylic acids is 4. The van der Waals surface area contributed by atoms with Gasteiger partial charge in [-0.1, -0.05) is 0 Å². The molecule has 5 N–H and O–H groups in total. The molecule has 0 fully saturated rings. The normalized spacial score (nSPS) is 11.4. The van der Waals surface area contributed by atoms with Crippen molar-refractivity contribution in [3.63, 3.8) is 0 Å². The predicted molar refractivity (Wildman–Crippen MR) is 97.8 cm³/mol. The molecule has 0 aromatic rings. The lowest BCUT2D eigenvalue weighted by Gasteiger charge is -2.09. The van der Waals surface area contributed by atoms with Gasteiger partial charge in [0.25, 0.3) is 0 Å². The van der Waals surface area contributed by atoms with E-state index in [2.05, 4.69) is 16.0 Å². The molecule has 0 spiro atoms. The Hall–Kier alpha value is -1.63. The van der Waals surface area contributed by atoms with E-state index in [4.69, 9.17) is 23.1 Å². The molecule has 1 atom stereocenters. The van der Waals surface area contributed by atoms with Crippen molar-refractivity contribution in [3.05, 3.63) is 0 Å². The summed E-state index contributed by atoms with van der Waals surface area (Å²) in [5, 5.41) is 7.66. The fourth-order valence-electron chi connectivity index (χ4n) is 1.44. The molecule has 0 aliphatic heterocycles. The van der Waals surface area contributed by atoms with Crippen molar-refractivity contribution in [2.45, 2.75) is 6.04 Å². The Morgan fingerprint density at radius 2 is 1.69 bits per heavy atom. The van der Waals surface area contributed by atoms with Gasteiger partial charge in [-0.2, -0.15) is 0 Å². The van der Waals surface area contributed by atoms with E-state index in [0.717, 1.165) is 0 Å². The molecule has 146 valence electrons. The molecule has 0 aliphatic carbocycles. The topological polar surface area (TPSA) is 149 Å². The van der Waals surface area contributed by atoms with E-state index < -0.39 is 11.7 Å². The largest absolute Gasteiger partial charge is 0.377 e. The van der Waals surface area contributed by atoms with Gasteiger partial charge in [-0.05, 0) is 0 Å². The number of nitrogens with two attached hydrogens (primary N) is 1. The quantitative estimate of drug-likeness (QED) is 0.115.